The maximum Gasteiger partial charge on any atom is 0.310 e. The second-order valence-corrected chi connectivity index (χ2v) is 4.67. The van der Waals surface area contributed by atoms with Crippen LogP contribution in [0, 0.1) is 11.8 Å². The molecular weight excluding hydrogens is 206 g/mol. The predicted octanol–water partition coefficient (Wildman–Crippen LogP) is 0.954. The molecule has 1 N–H and O–H groups in total. The molecule has 0 aromatic rings. The fourth-order valence-corrected chi connectivity index (χ4v) is 2.48. The van der Waals surface area contributed by atoms with Crippen LogP contribution in [0.25, 0.3) is 0 Å². The van der Waals surface area contributed by atoms with E-state index >= 15 is 0 Å². The number of esters is 1. The second kappa shape index (κ2) is 5.64. The topological polar surface area (TPSA) is 47.6 Å². The highest BCUT2D eigenvalue weighted by atomic mass is 16.6. The molecule has 1 saturated carbocycles. The van der Waals surface area contributed by atoms with E-state index in [0.29, 0.717) is 25.2 Å². The number of unbranched alkanes of at least 4 members (excludes halogenated alkanes) is 1. The molecule has 2 bridgehead atoms. The lowest BCUT2D eigenvalue weighted by Gasteiger charge is -2.32. The number of nitrogens with one attached hydrogen (secondary N) is 1. The molecule has 4 heteroatoms. The van der Waals surface area contributed by atoms with E-state index in [1.165, 1.54) is 0 Å². The Morgan fingerprint density at radius 1 is 1.38 bits per heavy atom. The summed E-state index contributed by atoms with van der Waals surface area (Å²) >= 11 is 0. The second-order valence-electron chi connectivity index (χ2n) is 4.67. The molecule has 0 aromatic carbocycles. The lowest BCUT2D eigenvalue weighted by molar-refractivity contribution is -0.155. The van der Waals surface area contributed by atoms with Crippen LogP contribution in [0.5, 0.6) is 0 Å². The van der Waals surface area contributed by atoms with E-state index in [9.17, 15) is 4.79 Å². The number of rotatable bonds is 7. The van der Waals surface area contributed by atoms with Gasteiger partial charge in [0.2, 0.25) is 0 Å². The van der Waals surface area contributed by atoms with Crippen molar-refractivity contribution in [1.29, 1.82) is 0 Å². The first-order valence-corrected chi connectivity index (χ1v) is 6.30. The molecule has 2 aliphatic heterocycles. The summed E-state index contributed by atoms with van der Waals surface area (Å²) in [7, 11) is 0. The highest BCUT2D eigenvalue weighted by Gasteiger charge is 2.51. The summed E-state index contributed by atoms with van der Waals surface area (Å²) in [6.07, 6.45) is 3.36. The zero-order valence-corrected chi connectivity index (χ0v) is 9.91. The molecule has 3 rings (SSSR count). The third kappa shape index (κ3) is 2.55. The lowest BCUT2D eigenvalue weighted by Crippen LogP contribution is -2.43. The number of ether oxygens (including phenoxy) is 2. The van der Waals surface area contributed by atoms with E-state index in [2.05, 4.69) is 12.2 Å². The van der Waals surface area contributed by atoms with Gasteiger partial charge in [-0.25, -0.2) is 0 Å². The van der Waals surface area contributed by atoms with Gasteiger partial charge in [-0.2, -0.15) is 0 Å². The van der Waals surface area contributed by atoms with Crippen LogP contribution in [-0.4, -0.2) is 38.4 Å². The summed E-state index contributed by atoms with van der Waals surface area (Å²) < 4.78 is 10.5. The van der Waals surface area contributed by atoms with Crippen molar-refractivity contribution in [3.8, 4) is 0 Å². The summed E-state index contributed by atoms with van der Waals surface area (Å²) in [5.41, 5.74) is 0. The molecule has 3 fully saturated rings. The fourth-order valence-electron chi connectivity index (χ4n) is 2.48. The van der Waals surface area contributed by atoms with Crippen molar-refractivity contribution in [3.63, 3.8) is 0 Å². The standard InChI is InChI=1S/C12H21NO3/c1-2-3-4-15-5-6-16-12(14)11-9-7-10(11)13-8-9/h9-11,13H,2-8H2,1H3. The molecular formula is C12H21NO3. The van der Waals surface area contributed by atoms with Crippen LogP contribution < -0.4 is 5.32 Å². The first-order chi connectivity index (χ1) is 7.83. The molecule has 16 heavy (non-hydrogen) atoms. The van der Waals surface area contributed by atoms with E-state index in [1.54, 1.807) is 0 Å². The molecule has 3 atom stereocenters. The first kappa shape index (κ1) is 11.9. The maximum absolute atomic E-state index is 11.7. The van der Waals surface area contributed by atoms with Crippen molar-refractivity contribution in [3.05, 3.63) is 0 Å². The third-order valence-electron chi connectivity index (χ3n) is 3.53. The smallest absolute Gasteiger partial charge is 0.310 e. The highest BCUT2D eigenvalue weighted by molar-refractivity contribution is 5.75. The summed E-state index contributed by atoms with van der Waals surface area (Å²) in [5, 5.41) is 3.31. The molecule has 2 saturated heterocycles. The van der Waals surface area contributed by atoms with Crippen LogP contribution in [0.1, 0.15) is 26.2 Å². The van der Waals surface area contributed by atoms with Gasteiger partial charge < -0.3 is 14.8 Å². The average Bonchev–Trinajstić information content (AvgIpc) is 2.85. The largest absolute Gasteiger partial charge is 0.463 e. The van der Waals surface area contributed by atoms with Crippen molar-refractivity contribution >= 4 is 5.97 Å². The zero-order valence-electron chi connectivity index (χ0n) is 9.91. The summed E-state index contributed by atoms with van der Waals surface area (Å²) in [6.45, 7) is 4.81. The first-order valence-electron chi connectivity index (χ1n) is 6.30. The Labute approximate surface area is 96.7 Å². The van der Waals surface area contributed by atoms with Crippen molar-refractivity contribution in [1.82, 2.24) is 5.32 Å². The van der Waals surface area contributed by atoms with Crippen LogP contribution in [0.2, 0.25) is 0 Å². The molecule has 1 aliphatic carbocycles. The quantitative estimate of drug-likeness (QED) is 0.520. The Balaban J connectivity index is 1.52. The van der Waals surface area contributed by atoms with Gasteiger partial charge in [-0.1, -0.05) is 13.3 Å². The highest BCUT2D eigenvalue weighted by Crippen LogP contribution is 2.40. The van der Waals surface area contributed by atoms with Gasteiger partial charge in [0.15, 0.2) is 0 Å². The van der Waals surface area contributed by atoms with Gasteiger partial charge >= 0.3 is 5.97 Å². The van der Waals surface area contributed by atoms with E-state index in [1.807, 2.05) is 0 Å². The molecule has 0 spiro atoms. The monoisotopic (exact) mass is 227 g/mol. The predicted molar refractivity (Wildman–Crippen MR) is 60.1 cm³/mol. The van der Waals surface area contributed by atoms with Gasteiger partial charge in [-0.05, 0) is 25.3 Å². The van der Waals surface area contributed by atoms with Gasteiger partial charge in [0.1, 0.15) is 6.61 Å². The number of carbonyl (C=O) groups is 1. The molecule has 0 radical (unpaired) electrons. The minimum absolute atomic E-state index is 0.0367. The Morgan fingerprint density at radius 3 is 2.88 bits per heavy atom. The zero-order chi connectivity index (χ0) is 11.4. The Bertz CT molecular complexity index is 230. The molecule has 2 heterocycles. The van der Waals surface area contributed by atoms with Crippen molar-refractivity contribution in [2.45, 2.75) is 32.2 Å². The van der Waals surface area contributed by atoms with E-state index < -0.39 is 0 Å². The van der Waals surface area contributed by atoms with Crippen molar-refractivity contribution in [2.24, 2.45) is 11.8 Å². The number of hydrogen-bond donors (Lipinski definition) is 1. The number of hydrogen-bond acceptors (Lipinski definition) is 4. The molecule has 0 amide bonds. The van der Waals surface area contributed by atoms with Crippen LogP contribution in [-0.2, 0) is 14.3 Å². The normalized spacial score (nSPS) is 31.2. The van der Waals surface area contributed by atoms with Crippen molar-refractivity contribution in [2.75, 3.05) is 26.4 Å². The van der Waals surface area contributed by atoms with Crippen LogP contribution in [0.4, 0.5) is 0 Å². The summed E-state index contributed by atoms with van der Waals surface area (Å²) in [4.78, 5) is 11.7. The molecule has 3 aliphatic rings. The van der Waals surface area contributed by atoms with Gasteiger partial charge in [0, 0.05) is 12.6 Å². The Hall–Kier alpha value is -0.610. The van der Waals surface area contributed by atoms with E-state index in [-0.39, 0.29) is 11.9 Å². The molecule has 0 aromatic heterocycles. The fraction of sp³-hybridized carbons (Fsp3) is 0.917. The van der Waals surface area contributed by atoms with Crippen LogP contribution in [0.15, 0.2) is 0 Å². The maximum atomic E-state index is 11.7. The molecule has 3 unspecified atom stereocenters. The van der Waals surface area contributed by atoms with Gasteiger partial charge in [-0.3, -0.25) is 4.79 Å². The van der Waals surface area contributed by atoms with Gasteiger partial charge in [0.05, 0.1) is 12.5 Å². The molecule has 92 valence electrons. The van der Waals surface area contributed by atoms with Crippen LogP contribution in [0.3, 0.4) is 0 Å². The lowest BCUT2D eigenvalue weighted by atomic mass is 9.74. The van der Waals surface area contributed by atoms with Gasteiger partial charge in [0.25, 0.3) is 0 Å². The van der Waals surface area contributed by atoms with E-state index in [0.717, 1.165) is 32.4 Å². The van der Waals surface area contributed by atoms with Gasteiger partial charge in [-0.15, -0.1) is 0 Å². The average molecular weight is 227 g/mol. The Kier molecular flexibility index (Phi) is 4.18. The number of fused-ring (bicyclic) bond motifs is 1. The van der Waals surface area contributed by atoms with Crippen molar-refractivity contribution < 1.29 is 14.3 Å². The summed E-state index contributed by atoms with van der Waals surface area (Å²) in [5.74, 6) is 0.611. The minimum Gasteiger partial charge on any atom is -0.463 e. The number of carbonyl (C=O) groups excluding carboxylic acids is 1. The minimum atomic E-state index is -0.0367. The Morgan fingerprint density at radius 2 is 2.25 bits per heavy atom. The molecule has 4 nitrogen and oxygen atoms in total. The van der Waals surface area contributed by atoms with Crippen LogP contribution >= 0.6 is 0 Å². The van der Waals surface area contributed by atoms with E-state index in [4.69, 9.17) is 9.47 Å². The SMILES string of the molecule is CCCCOCCOC(=O)C1C2CNC1C2. The third-order valence-corrected chi connectivity index (χ3v) is 3.53. The summed E-state index contributed by atoms with van der Waals surface area (Å²) in [6, 6.07) is 0.388.